The molecule has 6 rings (SSSR count). The monoisotopic (exact) mass is 551 g/mol. The molecular weight excluding hydrogens is 522 g/mol. The van der Waals surface area contributed by atoms with Crippen molar-refractivity contribution >= 4 is 34.7 Å². The van der Waals surface area contributed by atoms with Crippen LogP contribution in [-0.2, 0) is 9.47 Å². The van der Waals surface area contributed by atoms with Crippen LogP contribution in [0.1, 0.15) is 38.4 Å². The minimum absolute atomic E-state index is 0.155. The maximum atomic E-state index is 13.7. The average molecular weight is 552 g/mol. The van der Waals surface area contributed by atoms with E-state index in [2.05, 4.69) is 26.4 Å². The SMILES string of the molecule is COC[C@H]1CCCN1NC(=O)c1ccc(-c2n[nH]c3c2C(=O)c2c(NC(=O)NN4CCOCC4)cccc2-3)s1. The van der Waals surface area contributed by atoms with Gasteiger partial charge in [0.2, 0.25) is 0 Å². The molecule has 3 aliphatic rings. The number of aromatic nitrogens is 2. The smallest absolute Gasteiger partial charge is 0.333 e. The Morgan fingerprint density at radius 1 is 1.15 bits per heavy atom. The minimum Gasteiger partial charge on any atom is -0.383 e. The highest BCUT2D eigenvalue weighted by molar-refractivity contribution is 7.17. The predicted octanol–water partition coefficient (Wildman–Crippen LogP) is 2.47. The van der Waals surface area contributed by atoms with E-state index in [0.717, 1.165) is 19.4 Å². The number of ketones is 1. The number of anilines is 1. The standard InChI is InChI=1S/C26H29N7O5S/c1-37-14-15-4-3-9-33(15)30-25(35)19-8-7-18(39-19)23-21-22(28-29-23)16-5-2-6-17(20(16)24(21)34)27-26(36)31-32-10-12-38-13-11-32/h2,5-8,15H,3-4,9-14H2,1H3,(H,28,29)(H,30,35)(H2,27,31,36)/t15-/m1/s1. The molecule has 2 fully saturated rings. The number of ether oxygens (including phenoxy) is 2. The summed E-state index contributed by atoms with van der Waals surface area (Å²) in [5.74, 6) is -0.432. The number of hydrogen-bond acceptors (Lipinski definition) is 9. The van der Waals surface area contributed by atoms with Crippen molar-refractivity contribution in [1.29, 1.82) is 0 Å². The number of nitrogens with zero attached hydrogens (tertiary/aromatic N) is 3. The lowest BCUT2D eigenvalue weighted by Crippen LogP contribution is -2.49. The van der Waals surface area contributed by atoms with Gasteiger partial charge in [-0.15, -0.1) is 11.3 Å². The molecule has 4 heterocycles. The van der Waals surface area contributed by atoms with Crippen LogP contribution in [0.25, 0.3) is 21.8 Å². The number of amides is 3. The zero-order valence-electron chi connectivity index (χ0n) is 21.4. The highest BCUT2D eigenvalue weighted by Gasteiger charge is 2.36. The van der Waals surface area contributed by atoms with Gasteiger partial charge in [0, 0.05) is 32.3 Å². The molecule has 1 atom stereocenters. The Kier molecular flexibility index (Phi) is 7.14. The fourth-order valence-electron chi connectivity index (χ4n) is 5.26. The molecule has 39 heavy (non-hydrogen) atoms. The summed E-state index contributed by atoms with van der Waals surface area (Å²) in [5, 5.41) is 14.0. The molecule has 3 amide bonds. The topological polar surface area (TPSA) is 141 Å². The number of fused-ring (bicyclic) bond motifs is 3. The van der Waals surface area contributed by atoms with E-state index in [0.29, 0.717) is 76.4 Å². The molecular formula is C26H29N7O5S. The summed E-state index contributed by atoms with van der Waals surface area (Å²) >= 11 is 1.28. The second kappa shape index (κ2) is 10.9. The summed E-state index contributed by atoms with van der Waals surface area (Å²) in [4.78, 5) is 40.5. The Hall–Kier alpha value is -3.62. The van der Waals surface area contributed by atoms with Crippen molar-refractivity contribution in [3.63, 3.8) is 0 Å². The summed E-state index contributed by atoms with van der Waals surface area (Å²) < 4.78 is 10.6. The zero-order chi connectivity index (χ0) is 26.9. The van der Waals surface area contributed by atoms with Gasteiger partial charge in [-0.05, 0) is 31.0 Å². The van der Waals surface area contributed by atoms with E-state index in [1.807, 2.05) is 11.1 Å². The molecule has 1 aromatic carbocycles. The van der Waals surface area contributed by atoms with Gasteiger partial charge in [-0.25, -0.2) is 14.8 Å². The fraction of sp³-hybridized carbons (Fsp3) is 0.385. The van der Waals surface area contributed by atoms with Crippen LogP contribution in [0.15, 0.2) is 30.3 Å². The number of thiophene rings is 1. The Morgan fingerprint density at radius 2 is 2.00 bits per heavy atom. The molecule has 1 aliphatic carbocycles. The van der Waals surface area contributed by atoms with E-state index in [4.69, 9.17) is 9.47 Å². The molecule has 0 spiro atoms. The maximum absolute atomic E-state index is 13.7. The number of aromatic amines is 1. The van der Waals surface area contributed by atoms with Crippen LogP contribution < -0.4 is 16.2 Å². The van der Waals surface area contributed by atoms with Gasteiger partial charge in [-0.1, -0.05) is 12.1 Å². The number of rotatable bonds is 7. The molecule has 13 heteroatoms. The lowest BCUT2D eigenvalue weighted by atomic mass is 10.1. The minimum atomic E-state index is -0.424. The van der Waals surface area contributed by atoms with E-state index >= 15 is 0 Å². The maximum Gasteiger partial charge on any atom is 0.333 e. The molecule has 0 saturated carbocycles. The third kappa shape index (κ3) is 4.94. The van der Waals surface area contributed by atoms with Crippen LogP contribution in [0, 0.1) is 0 Å². The van der Waals surface area contributed by atoms with Crippen molar-refractivity contribution in [3.05, 3.63) is 46.3 Å². The van der Waals surface area contributed by atoms with Crippen LogP contribution in [0.3, 0.4) is 0 Å². The van der Waals surface area contributed by atoms with E-state index in [9.17, 15) is 14.4 Å². The molecule has 2 saturated heterocycles. The molecule has 3 aromatic rings. The molecule has 12 nitrogen and oxygen atoms in total. The Bertz CT molecular complexity index is 1410. The second-order valence-electron chi connectivity index (χ2n) is 9.59. The van der Waals surface area contributed by atoms with Crippen molar-refractivity contribution in [2.24, 2.45) is 0 Å². The lowest BCUT2D eigenvalue weighted by molar-refractivity contribution is 0.0207. The number of benzene rings is 1. The second-order valence-corrected chi connectivity index (χ2v) is 10.7. The molecule has 204 valence electrons. The predicted molar refractivity (Wildman–Crippen MR) is 144 cm³/mol. The quantitative estimate of drug-likeness (QED) is 0.275. The van der Waals surface area contributed by atoms with Gasteiger partial charge < -0.3 is 14.8 Å². The first-order valence-electron chi connectivity index (χ1n) is 12.9. The largest absolute Gasteiger partial charge is 0.383 e. The van der Waals surface area contributed by atoms with Crippen molar-refractivity contribution in [2.75, 3.05) is 51.9 Å². The van der Waals surface area contributed by atoms with Gasteiger partial charge >= 0.3 is 6.03 Å². The highest BCUT2D eigenvalue weighted by atomic mass is 32.1. The van der Waals surface area contributed by atoms with Gasteiger partial charge in [0.1, 0.15) is 5.69 Å². The number of morpholine rings is 1. The van der Waals surface area contributed by atoms with E-state index in [-0.39, 0.29) is 17.7 Å². The molecule has 4 N–H and O–H groups in total. The number of carbonyl (C=O) groups is 3. The summed E-state index contributed by atoms with van der Waals surface area (Å²) in [6.07, 6.45) is 1.97. The first kappa shape index (κ1) is 25.6. The number of urea groups is 1. The van der Waals surface area contributed by atoms with Gasteiger partial charge in [0.05, 0.1) is 58.1 Å². The summed E-state index contributed by atoms with van der Waals surface area (Å²) in [6.45, 7) is 3.60. The Labute approximate surface area is 228 Å². The van der Waals surface area contributed by atoms with Crippen LogP contribution >= 0.6 is 11.3 Å². The number of methoxy groups -OCH3 is 1. The lowest BCUT2D eigenvalue weighted by Gasteiger charge is -2.27. The third-order valence-corrected chi connectivity index (χ3v) is 8.21. The van der Waals surface area contributed by atoms with Gasteiger partial charge in [-0.2, -0.15) is 5.10 Å². The van der Waals surface area contributed by atoms with E-state index in [1.165, 1.54) is 11.3 Å². The van der Waals surface area contributed by atoms with Crippen LogP contribution in [0.2, 0.25) is 0 Å². The number of H-pyrrole nitrogens is 1. The number of hydrazine groups is 2. The highest BCUT2D eigenvalue weighted by Crippen LogP contribution is 2.44. The van der Waals surface area contributed by atoms with Crippen molar-refractivity contribution < 1.29 is 23.9 Å². The van der Waals surface area contributed by atoms with Crippen LogP contribution in [0.4, 0.5) is 10.5 Å². The van der Waals surface area contributed by atoms with E-state index in [1.54, 1.807) is 36.4 Å². The Balaban J connectivity index is 1.19. The van der Waals surface area contributed by atoms with Crippen molar-refractivity contribution in [2.45, 2.75) is 18.9 Å². The third-order valence-electron chi connectivity index (χ3n) is 7.12. The first-order chi connectivity index (χ1) is 19.0. The molecule has 0 unspecified atom stereocenters. The fourth-order valence-corrected chi connectivity index (χ4v) is 6.15. The summed E-state index contributed by atoms with van der Waals surface area (Å²) in [6, 6.07) is 8.60. The molecule has 0 radical (unpaired) electrons. The van der Waals surface area contributed by atoms with Crippen LogP contribution in [-0.4, -0.2) is 90.5 Å². The van der Waals surface area contributed by atoms with Crippen LogP contribution in [0.5, 0.6) is 0 Å². The van der Waals surface area contributed by atoms with Gasteiger partial charge in [0.25, 0.3) is 5.91 Å². The summed E-state index contributed by atoms with van der Waals surface area (Å²) in [5.41, 5.74) is 8.80. The summed E-state index contributed by atoms with van der Waals surface area (Å²) in [7, 11) is 1.66. The number of hydrogen-bond donors (Lipinski definition) is 4. The molecule has 2 aromatic heterocycles. The molecule has 0 bridgehead atoms. The van der Waals surface area contributed by atoms with Crippen molar-refractivity contribution in [3.8, 4) is 21.8 Å². The number of carbonyl (C=O) groups excluding carboxylic acids is 3. The first-order valence-corrected chi connectivity index (χ1v) is 13.7. The van der Waals surface area contributed by atoms with E-state index < -0.39 is 6.03 Å². The molecule has 2 aliphatic heterocycles. The van der Waals surface area contributed by atoms with Gasteiger partial charge in [0.15, 0.2) is 5.78 Å². The average Bonchev–Trinajstić information content (AvgIpc) is 3.72. The normalized spacial score (nSPS) is 19.1. The van der Waals surface area contributed by atoms with Crippen molar-refractivity contribution in [1.82, 2.24) is 31.1 Å². The van der Waals surface area contributed by atoms with Gasteiger partial charge in [-0.3, -0.25) is 25.5 Å². The number of nitrogens with one attached hydrogen (secondary N) is 4. The zero-order valence-corrected chi connectivity index (χ0v) is 22.2. The Morgan fingerprint density at radius 3 is 2.82 bits per heavy atom.